The number of nitriles is 1. The zero-order valence-electron chi connectivity index (χ0n) is 14.4. The van der Waals surface area contributed by atoms with Gasteiger partial charge < -0.3 is 18.0 Å². The van der Waals surface area contributed by atoms with Crippen LogP contribution in [0, 0.1) is 16.7 Å². The predicted octanol–water partition coefficient (Wildman–Crippen LogP) is 2.68. The van der Waals surface area contributed by atoms with Gasteiger partial charge in [-0.15, -0.1) is 0 Å². The number of ether oxygens (including phenoxy) is 1. The highest BCUT2D eigenvalue weighted by Crippen LogP contribution is 2.40. The first-order valence-corrected chi connectivity index (χ1v) is 9.33. The van der Waals surface area contributed by atoms with Crippen LogP contribution in [0.5, 0.6) is 0 Å². The highest BCUT2D eigenvalue weighted by atomic mass is 28.4. The minimum atomic E-state index is -2.91. The van der Waals surface area contributed by atoms with Gasteiger partial charge in [0.25, 0.3) is 0 Å². The van der Waals surface area contributed by atoms with Gasteiger partial charge in [-0.2, -0.15) is 5.26 Å². The van der Waals surface area contributed by atoms with Gasteiger partial charge in [0.05, 0.1) is 30.3 Å². The van der Waals surface area contributed by atoms with Crippen molar-refractivity contribution < 1.29 is 22.8 Å². The second-order valence-corrected chi connectivity index (χ2v) is 8.49. The summed E-state index contributed by atoms with van der Waals surface area (Å²) in [6, 6.07) is 8.94. The van der Waals surface area contributed by atoms with Crippen molar-refractivity contribution in [3.05, 3.63) is 35.4 Å². The van der Waals surface area contributed by atoms with E-state index in [4.69, 9.17) is 23.3 Å². The molecule has 0 saturated heterocycles. The summed E-state index contributed by atoms with van der Waals surface area (Å²) >= 11 is 0. The maximum absolute atomic E-state index is 12.2. The van der Waals surface area contributed by atoms with E-state index in [1.807, 2.05) is 0 Å². The fourth-order valence-electron chi connectivity index (χ4n) is 2.13. The molecule has 0 aromatic heterocycles. The highest BCUT2D eigenvalue weighted by Gasteiger charge is 2.46. The van der Waals surface area contributed by atoms with E-state index >= 15 is 0 Å². The Morgan fingerprint density at radius 2 is 1.70 bits per heavy atom. The lowest BCUT2D eigenvalue weighted by atomic mass is 9.82. The number of esters is 1. The summed E-state index contributed by atoms with van der Waals surface area (Å²) in [5.74, 6) is -0.407. The number of rotatable bonds is 7. The van der Waals surface area contributed by atoms with E-state index in [-0.39, 0.29) is 0 Å². The molecule has 1 aromatic carbocycles. The molecule has 0 aliphatic heterocycles. The van der Waals surface area contributed by atoms with Crippen molar-refractivity contribution in [3.8, 4) is 6.07 Å². The van der Waals surface area contributed by atoms with Crippen LogP contribution < -0.4 is 0 Å². The van der Waals surface area contributed by atoms with Crippen LogP contribution in [-0.4, -0.2) is 36.1 Å². The van der Waals surface area contributed by atoms with Crippen LogP contribution in [0.15, 0.2) is 24.3 Å². The zero-order valence-corrected chi connectivity index (χ0v) is 15.4. The lowest BCUT2D eigenvalue weighted by Crippen LogP contribution is -2.46. The molecule has 0 N–H and O–H groups in total. The molecular formula is C16H23NO5Si. The first-order valence-electron chi connectivity index (χ1n) is 7.10. The number of hydrogen-bond donors (Lipinski definition) is 0. The minimum absolute atomic E-state index is 0.407. The van der Waals surface area contributed by atoms with Gasteiger partial charge in [-0.05, 0) is 31.5 Å². The van der Waals surface area contributed by atoms with Gasteiger partial charge in [-0.3, -0.25) is 4.79 Å². The normalized spacial score (nSPS) is 13.3. The second kappa shape index (κ2) is 7.70. The molecule has 0 aliphatic carbocycles. The van der Waals surface area contributed by atoms with Gasteiger partial charge >= 0.3 is 14.8 Å². The Labute approximate surface area is 138 Å². The van der Waals surface area contributed by atoms with Gasteiger partial charge in [0.2, 0.25) is 0 Å². The summed E-state index contributed by atoms with van der Waals surface area (Å²) in [5.41, 5.74) is 0.308. The third-order valence-electron chi connectivity index (χ3n) is 3.78. The molecule has 126 valence electrons. The van der Waals surface area contributed by atoms with Crippen molar-refractivity contribution >= 4 is 14.8 Å². The summed E-state index contributed by atoms with van der Waals surface area (Å²) in [5, 5.41) is 8.93. The molecule has 1 aromatic rings. The summed E-state index contributed by atoms with van der Waals surface area (Å²) in [6.07, 6.45) is -0.640. The van der Waals surface area contributed by atoms with E-state index in [1.54, 1.807) is 44.7 Å². The monoisotopic (exact) mass is 337 g/mol. The standard InChI is InChI=1S/C16H23NO5Si/c1-16(2,15(18)19-3)14(22-23(6,20-4)21-5)13-9-7-12(11-17)8-10-13/h7-10,14H,1-6H3. The van der Waals surface area contributed by atoms with Crippen LogP contribution in [0.2, 0.25) is 6.55 Å². The Hall–Kier alpha value is -1.72. The fourth-order valence-corrected chi connectivity index (χ4v) is 3.35. The summed E-state index contributed by atoms with van der Waals surface area (Å²) in [7, 11) is 1.45. The molecule has 0 heterocycles. The van der Waals surface area contributed by atoms with E-state index in [1.165, 1.54) is 21.3 Å². The average molecular weight is 337 g/mol. The molecule has 0 amide bonds. The second-order valence-electron chi connectivity index (χ2n) is 5.72. The first kappa shape index (κ1) is 19.3. The van der Waals surface area contributed by atoms with Crippen molar-refractivity contribution in [2.45, 2.75) is 26.5 Å². The lowest BCUT2D eigenvalue weighted by molar-refractivity contribution is -0.158. The third-order valence-corrected chi connectivity index (χ3v) is 5.93. The molecule has 7 heteroatoms. The Morgan fingerprint density at radius 1 is 1.17 bits per heavy atom. The largest absolute Gasteiger partial charge is 0.497 e. The van der Waals surface area contributed by atoms with Crippen molar-refractivity contribution in [2.24, 2.45) is 5.41 Å². The molecule has 0 bridgehead atoms. The van der Waals surface area contributed by atoms with E-state index in [0.29, 0.717) is 5.56 Å². The fraction of sp³-hybridized carbons (Fsp3) is 0.500. The van der Waals surface area contributed by atoms with Gasteiger partial charge in [0, 0.05) is 20.8 Å². The molecule has 0 radical (unpaired) electrons. The van der Waals surface area contributed by atoms with Crippen LogP contribution in [-0.2, 0) is 22.8 Å². The predicted molar refractivity (Wildman–Crippen MR) is 86.4 cm³/mol. The van der Waals surface area contributed by atoms with Gasteiger partial charge in [0.1, 0.15) is 0 Å². The molecule has 1 rings (SSSR count). The van der Waals surface area contributed by atoms with Crippen LogP contribution in [0.4, 0.5) is 0 Å². The van der Waals surface area contributed by atoms with Gasteiger partial charge in [0.15, 0.2) is 0 Å². The van der Waals surface area contributed by atoms with Crippen molar-refractivity contribution in [1.29, 1.82) is 5.26 Å². The molecule has 0 saturated carbocycles. The van der Waals surface area contributed by atoms with E-state index in [9.17, 15) is 4.79 Å². The minimum Gasteiger partial charge on any atom is -0.469 e. The zero-order chi connectivity index (χ0) is 17.7. The van der Waals surface area contributed by atoms with Crippen molar-refractivity contribution in [3.63, 3.8) is 0 Å². The topological polar surface area (TPSA) is 77.8 Å². The van der Waals surface area contributed by atoms with Crippen molar-refractivity contribution in [1.82, 2.24) is 0 Å². The molecule has 6 nitrogen and oxygen atoms in total. The molecule has 1 unspecified atom stereocenters. The number of carbonyl (C=O) groups excluding carboxylic acids is 1. The number of carbonyl (C=O) groups is 1. The van der Waals surface area contributed by atoms with Crippen molar-refractivity contribution in [2.75, 3.05) is 21.3 Å². The smallest absolute Gasteiger partial charge is 0.469 e. The SMILES string of the molecule is COC(=O)C(C)(C)C(O[Si](C)(OC)OC)c1ccc(C#N)cc1. The van der Waals surface area contributed by atoms with Crippen LogP contribution in [0.3, 0.4) is 0 Å². The van der Waals surface area contributed by atoms with Crippen LogP contribution in [0.1, 0.15) is 31.1 Å². The van der Waals surface area contributed by atoms with E-state index < -0.39 is 26.3 Å². The summed E-state index contributed by atoms with van der Waals surface area (Å²) < 4.78 is 21.8. The summed E-state index contributed by atoms with van der Waals surface area (Å²) in [6.45, 7) is 5.22. The molecule has 1 atom stereocenters. The van der Waals surface area contributed by atoms with E-state index in [2.05, 4.69) is 6.07 Å². The maximum Gasteiger partial charge on any atom is 0.497 e. The van der Waals surface area contributed by atoms with Gasteiger partial charge in [-0.1, -0.05) is 12.1 Å². The molecule has 23 heavy (non-hydrogen) atoms. The Kier molecular flexibility index (Phi) is 6.47. The Balaban J connectivity index is 3.30. The quantitative estimate of drug-likeness (QED) is 0.562. The number of methoxy groups -OCH3 is 1. The Bertz CT molecular complexity index is 575. The number of benzene rings is 1. The van der Waals surface area contributed by atoms with Crippen LogP contribution in [0.25, 0.3) is 0 Å². The number of hydrogen-bond acceptors (Lipinski definition) is 6. The molecule has 0 aliphatic rings. The lowest BCUT2D eigenvalue weighted by Gasteiger charge is -2.36. The molecular weight excluding hydrogens is 314 g/mol. The third kappa shape index (κ3) is 4.39. The first-order chi connectivity index (χ1) is 10.7. The van der Waals surface area contributed by atoms with E-state index in [0.717, 1.165) is 5.56 Å². The summed E-state index contributed by atoms with van der Waals surface area (Å²) in [4.78, 5) is 12.2. The maximum atomic E-state index is 12.2. The van der Waals surface area contributed by atoms with Crippen LogP contribution >= 0.6 is 0 Å². The average Bonchev–Trinajstić information content (AvgIpc) is 2.58. The van der Waals surface area contributed by atoms with Gasteiger partial charge in [-0.25, -0.2) is 0 Å². The molecule has 0 fully saturated rings. The Morgan fingerprint density at radius 3 is 2.09 bits per heavy atom. The highest BCUT2D eigenvalue weighted by molar-refractivity contribution is 6.59. The molecule has 0 spiro atoms. The number of nitrogens with zero attached hydrogens (tertiary/aromatic N) is 1.